The van der Waals surface area contributed by atoms with E-state index in [9.17, 15) is 31.1 Å². The van der Waals surface area contributed by atoms with Gasteiger partial charge in [-0.1, -0.05) is 29.8 Å². The van der Waals surface area contributed by atoms with Gasteiger partial charge in [-0.3, -0.25) is 4.79 Å². The van der Waals surface area contributed by atoms with Crippen LogP contribution in [-0.2, 0) is 23.7 Å². The van der Waals surface area contributed by atoms with Gasteiger partial charge in [0.1, 0.15) is 5.70 Å². The summed E-state index contributed by atoms with van der Waals surface area (Å²) in [5, 5.41) is 3.29. The van der Waals surface area contributed by atoms with Crippen molar-refractivity contribution >= 4 is 17.5 Å². The average molecular weight is 494 g/mol. The molecule has 1 saturated heterocycles. The summed E-state index contributed by atoms with van der Waals surface area (Å²) in [6, 6.07) is 10.7. The van der Waals surface area contributed by atoms with Gasteiger partial charge in [-0.15, -0.1) is 0 Å². The van der Waals surface area contributed by atoms with Gasteiger partial charge in [-0.05, 0) is 48.7 Å². The number of benzene rings is 2. The molecule has 4 nitrogen and oxygen atoms in total. The number of rotatable bonds is 4. The van der Waals surface area contributed by atoms with Crippen LogP contribution in [0.2, 0.25) is 5.02 Å². The highest BCUT2D eigenvalue weighted by molar-refractivity contribution is 6.30. The van der Waals surface area contributed by atoms with Crippen LogP contribution < -0.4 is 11.1 Å². The van der Waals surface area contributed by atoms with E-state index in [4.69, 9.17) is 17.3 Å². The summed E-state index contributed by atoms with van der Waals surface area (Å²) in [5.74, 6) is -0.421. The number of hydrogen-bond acceptors (Lipinski definition) is 3. The number of carbonyl (C=O) groups is 1. The quantitative estimate of drug-likeness (QED) is 0.432. The molecule has 0 aliphatic carbocycles. The Kier molecular flexibility index (Phi) is 9.04. The van der Waals surface area contributed by atoms with Gasteiger partial charge in [0.15, 0.2) is 0 Å². The molecular weight excluding hydrogens is 472 g/mol. The molecule has 2 aromatic rings. The van der Waals surface area contributed by atoms with Crippen LogP contribution in [0.25, 0.3) is 0 Å². The molecule has 1 amide bonds. The fourth-order valence-corrected chi connectivity index (χ4v) is 3.12. The Morgan fingerprint density at radius 1 is 0.970 bits per heavy atom. The third-order valence-electron chi connectivity index (χ3n) is 4.58. The van der Waals surface area contributed by atoms with Crippen LogP contribution in [0.4, 0.5) is 26.3 Å². The molecule has 0 spiro atoms. The van der Waals surface area contributed by atoms with E-state index in [1.165, 1.54) is 4.90 Å². The number of nitrogens with one attached hydrogen (secondary N) is 1. The van der Waals surface area contributed by atoms with Gasteiger partial charge >= 0.3 is 12.4 Å². The first-order chi connectivity index (χ1) is 15.4. The van der Waals surface area contributed by atoms with Crippen molar-refractivity contribution in [3.63, 3.8) is 0 Å². The molecular formula is C22H22ClF6N3O. The molecule has 3 rings (SSSR count). The van der Waals surface area contributed by atoms with Crippen molar-refractivity contribution in [1.29, 1.82) is 0 Å². The highest BCUT2D eigenvalue weighted by Gasteiger charge is 2.36. The third kappa shape index (κ3) is 8.53. The second-order valence-corrected chi connectivity index (χ2v) is 7.63. The maximum absolute atomic E-state index is 12.8. The predicted molar refractivity (Wildman–Crippen MR) is 113 cm³/mol. The number of nitrogens with two attached hydrogens (primary N) is 1. The van der Waals surface area contributed by atoms with Crippen molar-refractivity contribution in [2.45, 2.75) is 31.7 Å². The van der Waals surface area contributed by atoms with E-state index >= 15 is 0 Å². The van der Waals surface area contributed by atoms with Crippen molar-refractivity contribution in [3.8, 4) is 0 Å². The van der Waals surface area contributed by atoms with Crippen LogP contribution in [0, 0.1) is 0 Å². The number of likely N-dealkylation sites (tertiary alicyclic amines) is 1. The Hall–Kier alpha value is -2.88. The van der Waals surface area contributed by atoms with Crippen molar-refractivity contribution in [2.24, 2.45) is 5.73 Å². The Bertz CT molecular complexity index is 923. The summed E-state index contributed by atoms with van der Waals surface area (Å²) in [4.78, 5) is 13.5. The van der Waals surface area contributed by atoms with Crippen molar-refractivity contribution in [3.05, 3.63) is 82.1 Å². The Labute approximate surface area is 192 Å². The Morgan fingerprint density at radius 3 is 1.91 bits per heavy atom. The van der Waals surface area contributed by atoms with E-state index in [0.717, 1.165) is 24.1 Å². The molecule has 1 aliphatic heterocycles. The molecule has 0 aromatic heterocycles. The summed E-state index contributed by atoms with van der Waals surface area (Å²) in [6.45, 7) is 0.785. The molecule has 180 valence electrons. The first-order valence-corrected chi connectivity index (χ1v) is 10.2. The fourth-order valence-electron chi connectivity index (χ4n) is 2.98. The SMILES string of the molecule is Clc1ccccc1.N/C(=C\NCc1cc(C(F)(F)F)cc(C(F)(F)F)c1)C(=O)N1CCCC1. The minimum Gasteiger partial charge on any atom is -0.393 e. The lowest BCUT2D eigenvalue weighted by atomic mass is 10.0. The molecule has 1 aliphatic rings. The average Bonchev–Trinajstić information content (AvgIpc) is 3.27. The summed E-state index contributed by atoms with van der Waals surface area (Å²) in [6.07, 6.45) is -7.00. The molecule has 0 saturated carbocycles. The van der Waals surface area contributed by atoms with Crippen LogP contribution in [0.1, 0.15) is 29.5 Å². The van der Waals surface area contributed by atoms with Gasteiger partial charge in [-0.2, -0.15) is 26.3 Å². The first-order valence-electron chi connectivity index (χ1n) is 9.85. The van der Waals surface area contributed by atoms with Gasteiger partial charge in [-0.25, -0.2) is 0 Å². The molecule has 11 heteroatoms. The zero-order valence-electron chi connectivity index (χ0n) is 17.3. The molecule has 1 fully saturated rings. The fraction of sp³-hybridized carbons (Fsp3) is 0.318. The lowest BCUT2D eigenvalue weighted by molar-refractivity contribution is -0.143. The van der Waals surface area contributed by atoms with Gasteiger partial charge in [0.25, 0.3) is 5.91 Å². The van der Waals surface area contributed by atoms with Crippen LogP contribution in [-0.4, -0.2) is 23.9 Å². The first kappa shape index (κ1) is 26.4. The van der Waals surface area contributed by atoms with Crippen molar-refractivity contribution in [1.82, 2.24) is 10.2 Å². The van der Waals surface area contributed by atoms with Gasteiger partial charge in [0.2, 0.25) is 0 Å². The maximum Gasteiger partial charge on any atom is 0.416 e. The third-order valence-corrected chi connectivity index (χ3v) is 4.84. The topological polar surface area (TPSA) is 58.4 Å². The van der Waals surface area contributed by atoms with E-state index in [0.29, 0.717) is 25.2 Å². The van der Waals surface area contributed by atoms with Gasteiger partial charge < -0.3 is 16.0 Å². The lowest BCUT2D eigenvalue weighted by Gasteiger charge is -2.16. The smallest absolute Gasteiger partial charge is 0.393 e. The van der Waals surface area contributed by atoms with Crippen molar-refractivity contribution in [2.75, 3.05) is 13.1 Å². The molecule has 0 bridgehead atoms. The number of halogens is 7. The molecule has 1 heterocycles. The minimum atomic E-state index is -4.91. The van der Waals surface area contributed by atoms with Crippen LogP contribution >= 0.6 is 11.6 Å². The summed E-state index contributed by atoms with van der Waals surface area (Å²) in [5.41, 5.74) is 2.43. The molecule has 2 aromatic carbocycles. The van der Waals surface area contributed by atoms with Crippen LogP contribution in [0.3, 0.4) is 0 Å². The zero-order chi connectivity index (χ0) is 24.6. The van der Waals surface area contributed by atoms with E-state index in [2.05, 4.69) is 5.32 Å². The largest absolute Gasteiger partial charge is 0.416 e. The number of hydrogen-bond donors (Lipinski definition) is 2. The number of alkyl halides is 6. The van der Waals surface area contributed by atoms with E-state index < -0.39 is 29.4 Å². The second-order valence-electron chi connectivity index (χ2n) is 7.19. The van der Waals surface area contributed by atoms with E-state index in [1.54, 1.807) is 0 Å². The normalized spacial score (nSPS) is 14.5. The predicted octanol–water partition coefficient (Wildman–Crippen LogP) is 5.58. The zero-order valence-corrected chi connectivity index (χ0v) is 18.1. The number of amides is 1. The molecule has 33 heavy (non-hydrogen) atoms. The second kappa shape index (κ2) is 11.3. The minimum absolute atomic E-state index is 0.0601. The monoisotopic (exact) mass is 493 g/mol. The Balaban J connectivity index is 0.000000468. The molecule has 0 radical (unpaired) electrons. The summed E-state index contributed by atoms with van der Waals surface area (Å²) >= 11 is 5.54. The number of carbonyl (C=O) groups excluding carboxylic acids is 1. The standard InChI is InChI=1S/C16H17F6N3O.C6H5Cl/c17-15(18,19)11-5-10(6-12(7-11)16(20,21)22)8-24-9-13(23)14(26)25-3-1-2-4-25;7-6-4-2-1-3-5-6/h5-7,9,24H,1-4,8,23H2;1-5H/b13-9-;. The van der Waals surface area contributed by atoms with Crippen LogP contribution in [0.5, 0.6) is 0 Å². The maximum atomic E-state index is 12.8. The molecule has 3 N–H and O–H groups in total. The number of nitrogens with zero attached hydrogens (tertiary/aromatic N) is 1. The van der Waals surface area contributed by atoms with Gasteiger partial charge in [0, 0.05) is 30.9 Å². The van der Waals surface area contributed by atoms with Gasteiger partial charge in [0.05, 0.1) is 11.1 Å². The van der Waals surface area contributed by atoms with E-state index in [-0.39, 0.29) is 23.9 Å². The van der Waals surface area contributed by atoms with Crippen LogP contribution in [0.15, 0.2) is 60.4 Å². The summed E-state index contributed by atoms with van der Waals surface area (Å²) < 4.78 is 76.8. The van der Waals surface area contributed by atoms with E-state index in [1.807, 2.05) is 30.3 Å². The molecule has 0 unspecified atom stereocenters. The highest BCUT2D eigenvalue weighted by atomic mass is 35.5. The summed E-state index contributed by atoms with van der Waals surface area (Å²) in [7, 11) is 0. The van der Waals surface area contributed by atoms with Crippen molar-refractivity contribution < 1.29 is 31.1 Å². The highest BCUT2D eigenvalue weighted by Crippen LogP contribution is 2.36. The lowest BCUT2D eigenvalue weighted by Crippen LogP contribution is -2.32. The Morgan fingerprint density at radius 2 is 1.48 bits per heavy atom. The molecule has 0 atom stereocenters.